The number of carbonyl (C=O) groups excluding carboxylic acids is 2. The Morgan fingerprint density at radius 2 is 2.15 bits per heavy atom. The molecule has 6 heteroatoms. The lowest BCUT2D eigenvalue weighted by Crippen LogP contribution is -2.36. The Balaban J connectivity index is 1.61. The first kappa shape index (κ1) is 16.4. The van der Waals surface area contributed by atoms with E-state index in [1.165, 1.54) is 5.56 Å². The Hall–Kier alpha value is -3.02. The predicted molar refractivity (Wildman–Crippen MR) is 99.2 cm³/mol. The van der Waals surface area contributed by atoms with Gasteiger partial charge in [-0.3, -0.25) is 9.59 Å². The van der Waals surface area contributed by atoms with Crippen LogP contribution in [0, 0.1) is 0 Å². The molecule has 1 heterocycles. The van der Waals surface area contributed by atoms with Crippen molar-refractivity contribution in [2.45, 2.75) is 38.3 Å². The molecule has 2 atom stereocenters. The molecular weight excluding hydrogens is 330 g/mol. The second-order valence-electron chi connectivity index (χ2n) is 6.81. The summed E-state index contributed by atoms with van der Waals surface area (Å²) in [4.78, 5) is 24.7. The van der Waals surface area contributed by atoms with Crippen LogP contribution in [-0.4, -0.2) is 17.9 Å². The molecule has 4 rings (SSSR count). The van der Waals surface area contributed by atoms with E-state index in [9.17, 15) is 9.59 Å². The van der Waals surface area contributed by atoms with E-state index in [0.717, 1.165) is 30.5 Å². The monoisotopic (exact) mass is 351 g/mol. The van der Waals surface area contributed by atoms with Gasteiger partial charge in [0.1, 0.15) is 0 Å². The summed E-state index contributed by atoms with van der Waals surface area (Å²) >= 11 is 0. The number of nitrogens with one attached hydrogen (secondary N) is 2. The molecule has 26 heavy (non-hydrogen) atoms. The number of hydrogen-bond donors (Lipinski definition) is 3. The van der Waals surface area contributed by atoms with Crippen LogP contribution in [0.1, 0.15) is 47.3 Å². The van der Waals surface area contributed by atoms with Gasteiger partial charge in [0.05, 0.1) is 17.3 Å². The summed E-state index contributed by atoms with van der Waals surface area (Å²) in [5, 5.41) is 5.89. The molecule has 2 aliphatic rings. The molecule has 0 radical (unpaired) electrons. The average Bonchev–Trinajstić information content (AvgIpc) is 2.62. The van der Waals surface area contributed by atoms with Crippen LogP contribution in [0.15, 0.2) is 36.4 Å². The predicted octanol–water partition coefficient (Wildman–Crippen LogP) is 2.80. The standard InChI is InChI=1S/C20H21N3O3/c1-11-19(24)23-17-7-3-5-15(18(17)26-11)20(25)22-16-6-2-4-12-10-13(21)8-9-14(12)16/h3,5,7-11,16H,2,4,6,21H2,1H3,(H,22,25)(H,23,24). The minimum atomic E-state index is -0.630. The van der Waals surface area contributed by atoms with Crippen molar-refractivity contribution in [2.24, 2.45) is 0 Å². The van der Waals surface area contributed by atoms with Crippen molar-refractivity contribution >= 4 is 23.2 Å². The Kier molecular flexibility index (Phi) is 4.03. The average molecular weight is 351 g/mol. The lowest BCUT2D eigenvalue weighted by Gasteiger charge is -2.28. The molecule has 4 N–H and O–H groups in total. The van der Waals surface area contributed by atoms with Gasteiger partial charge in [0.15, 0.2) is 11.9 Å². The maximum absolute atomic E-state index is 12.9. The number of nitrogen functional groups attached to an aromatic ring is 1. The summed E-state index contributed by atoms with van der Waals surface area (Å²) in [6.45, 7) is 1.66. The summed E-state index contributed by atoms with van der Waals surface area (Å²) in [5.41, 5.74) is 9.88. The number of rotatable bonds is 2. The normalized spacial score (nSPS) is 21.0. The van der Waals surface area contributed by atoms with Gasteiger partial charge in [0.2, 0.25) is 0 Å². The molecule has 0 bridgehead atoms. The number of amides is 2. The third-order valence-electron chi connectivity index (χ3n) is 4.97. The van der Waals surface area contributed by atoms with Gasteiger partial charge >= 0.3 is 0 Å². The molecule has 2 aromatic carbocycles. The van der Waals surface area contributed by atoms with Gasteiger partial charge in [0, 0.05) is 5.69 Å². The number of para-hydroxylation sites is 1. The van der Waals surface area contributed by atoms with E-state index in [2.05, 4.69) is 10.6 Å². The SMILES string of the molecule is CC1Oc2c(cccc2C(=O)NC2CCCc3cc(N)ccc32)NC1=O. The highest BCUT2D eigenvalue weighted by atomic mass is 16.5. The maximum atomic E-state index is 12.9. The van der Waals surface area contributed by atoms with Gasteiger partial charge in [0.25, 0.3) is 11.8 Å². The molecule has 0 saturated heterocycles. The van der Waals surface area contributed by atoms with Crippen molar-refractivity contribution in [3.63, 3.8) is 0 Å². The molecule has 2 aromatic rings. The number of aryl methyl sites for hydroxylation is 1. The first-order valence-electron chi connectivity index (χ1n) is 8.82. The molecular formula is C20H21N3O3. The molecule has 1 aliphatic carbocycles. The van der Waals surface area contributed by atoms with Crippen LogP contribution in [0.3, 0.4) is 0 Å². The van der Waals surface area contributed by atoms with Crippen LogP contribution >= 0.6 is 0 Å². The van der Waals surface area contributed by atoms with E-state index in [4.69, 9.17) is 10.5 Å². The Morgan fingerprint density at radius 1 is 1.31 bits per heavy atom. The quantitative estimate of drug-likeness (QED) is 0.725. The van der Waals surface area contributed by atoms with Crippen molar-refractivity contribution in [2.75, 3.05) is 11.1 Å². The molecule has 1 aliphatic heterocycles. The number of carbonyl (C=O) groups is 2. The van der Waals surface area contributed by atoms with Crippen LogP contribution in [0.25, 0.3) is 0 Å². The summed E-state index contributed by atoms with van der Waals surface area (Å²) in [5.74, 6) is -0.000771. The largest absolute Gasteiger partial charge is 0.478 e. The fourth-order valence-corrected chi connectivity index (χ4v) is 3.63. The van der Waals surface area contributed by atoms with E-state index >= 15 is 0 Å². The minimum Gasteiger partial charge on any atom is -0.478 e. The van der Waals surface area contributed by atoms with E-state index in [-0.39, 0.29) is 17.9 Å². The van der Waals surface area contributed by atoms with Crippen LogP contribution in [0.5, 0.6) is 5.75 Å². The van der Waals surface area contributed by atoms with Crippen molar-refractivity contribution in [1.29, 1.82) is 0 Å². The topological polar surface area (TPSA) is 93.4 Å². The number of hydrogen-bond acceptors (Lipinski definition) is 4. The van der Waals surface area contributed by atoms with Gasteiger partial charge in [-0.25, -0.2) is 0 Å². The smallest absolute Gasteiger partial charge is 0.265 e. The fourth-order valence-electron chi connectivity index (χ4n) is 3.63. The van der Waals surface area contributed by atoms with Crippen molar-refractivity contribution in [3.05, 3.63) is 53.1 Å². The second-order valence-corrected chi connectivity index (χ2v) is 6.81. The number of ether oxygens (including phenoxy) is 1. The maximum Gasteiger partial charge on any atom is 0.265 e. The highest BCUT2D eigenvalue weighted by molar-refractivity contribution is 6.04. The van der Waals surface area contributed by atoms with Crippen LogP contribution in [0.2, 0.25) is 0 Å². The van der Waals surface area contributed by atoms with Gasteiger partial charge in [-0.1, -0.05) is 12.1 Å². The van der Waals surface area contributed by atoms with E-state index < -0.39 is 6.10 Å². The summed E-state index contributed by atoms with van der Waals surface area (Å²) < 4.78 is 5.68. The number of benzene rings is 2. The molecule has 6 nitrogen and oxygen atoms in total. The molecule has 2 unspecified atom stereocenters. The number of anilines is 2. The minimum absolute atomic E-state index is 0.0571. The summed E-state index contributed by atoms with van der Waals surface area (Å²) in [6, 6.07) is 11.0. The highest BCUT2D eigenvalue weighted by Gasteiger charge is 2.29. The number of fused-ring (bicyclic) bond motifs is 2. The molecule has 134 valence electrons. The number of nitrogens with two attached hydrogens (primary N) is 1. The highest BCUT2D eigenvalue weighted by Crippen LogP contribution is 2.35. The van der Waals surface area contributed by atoms with Crippen molar-refractivity contribution in [1.82, 2.24) is 5.32 Å². The lowest BCUT2D eigenvalue weighted by molar-refractivity contribution is -0.122. The Labute approximate surface area is 151 Å². The van der Waals surface area contributed by atoms with Crippen molar-refractivity contribution in [3.8, 4) is 5.75 Å². The molecule has 2 amide bonds. The molecule has 0 fully saturated rings. The first-order valence-corrected chi connectivity index (χ1v) is 8.82. The third-order valence-corrected chi connectivity index (χ3v) is 4.97. The van der Waals surface area contributed by atoms with E-state index in [1.54, 1.807) is 25.1 Å². The zero-order valence-corrected chi connectivity index (χ0v) is 14.5. The third kappa shape index (κ3) is 2.87. The Morgan fingerprint density at radius 3 is 3.00 bits per heavy atom. The van der Waals surface area contributed by atoms with Gasteiger partial charge in [-0.2, -0.15) is 0 Å². The van der Waals surface area contributed by atoms with E-state index in [1.807, 2.05) is 18.2 Å². The van der Waals surface area contributed by atoms with E-state index in [0.29, 0.717) is 17.0 Å². The van der Waals surface area contributed by atoms with Crippen molar-refractivity contribution < 1.29 is 14.3 Å². The zero-order valence-electron chi connectivity index (χ0n) is 14.5. The molecule has 0 saturated carbocycles. The van der Waals surface area contributed by atoms with Gasteiger partial charge in [-0.15, -0.1) is 0 Å². The van der Waals surface area contributed by atoms with Crippen LogP contribution in [-0.2, 0) is 11.2 Å². The van der Waals surface area contributed by atoms with Gasteiger partial charge < -0.3 is 21.1 Å². The Bertz CT molecular complexity index is 894. The zero-order chi connectivity index (χ0) is 18.3. The molecule has 0 spiro atoms. The van der Waals surface area contributed by atoms with Crippen LogP contribution < -0.4 is 21.1 Å². The van der Waals surface area contributed by atoms with Crippen LogP contribution in [0.4, 0.5) is 11.4 Å². The second kappa shape index (κ2) is 6.37. The fraction of sp³-hybridized carbons (Fsp3) is 0.300. The first-order chi connectivity index (χ1) is 12.5. The van der Waals surface area contributed by atoms with Gasteiger partial charge in [-0.05, 0) is 61.6 Å². The lowest BCUT2D eigenvalue weighted by atomic mass is 9.87. The summed E-state index contributed by atoms with van der Waals surface area (Å²) in [6.07, 6.45) is 2.22. The molecule has 0 aromatic heterocycles. The summed E-state index contributed by atoms with van der Waals surface area (Å²) in [7, 11) is 0.